The number of amides is 2. The van der Waals surface area contributed by atoms with Gasteiger partial charge in [-0.25, -0.2) is 0 Å². The summed E-state index contributed by atoms with van der Waals surface area (Å²) in [7, 11) is 0. The molecule has 0 fully saturated rings. The third-order valence-electron chi connectivity index (χ3n) is 2.75. The van der Waals surface area contributed by atoms with Crippen molar-refractivity contribution in [1.82, 2.24) is 10.9 Å². The molecular weight excluding hydrogens is 374 g/mol. The second-order valence-electron chi connectivity index (χ2n) is 4.29. The monoisotopic (exact) mass is 384 g/mol. The van der Waals surface area contributed by atoms with E-state index in [1.807, 2.05) is 0 Å². The summed E-state index contributed by atoms with van der Waals surface area (Å²) in [6.07, 6.45) is 0. The van der Waals surface area contributed by atoms with Crippen molar-refractivity contribution in [3.63, 3.8) is 0 Å². The molecule has 0 spiro atoms. The van der Waals surface area contributed by atoms with Crippen LogP contribution in [0.3, 0.4) is 0 Å². The number of ether oxygens (including phenoxy) is 1. The van der Waals surface area contributed by atoms with Crippen molar-refractivity contribution >= 4 is 27.7 Å². The van der Waals surface area contributed by atoms with Gasteiger partial charge in [0.15, 0.2) is 0 Å². The second kappa shape index (κ2) is 7.68. The van der Waals surface area contributed by atoms with E-state index in [4.69, 9.17) is 0 Å². The van der Waals surface area contributed by atoms with Crippen LogP contribution in [0.2, 0.25) is 0 Å². The molecule has 0 heterocycles. The standard InChI is InChI=1S/C15H11BrF2N2O3/c16-12-4-2-1-3-11(12)14(22)20-19-13(21)9-5-7-10(8-6-9)23-15(17)18/h1-8,15H,(H,19,21)(H,20,22). The van der Waals surface area contributed by atoms with Gasteiger partial charge in [-0.3, -0.25) is 20.4 Å². The SMILES string of the molecule is O=C(NNC(=O)c1ccccc1Br)c1ccc(OC(F)F)cc1. The highest BCUT2D eigenvalue weighted by Gasteiger charge is 2.12. The smallest absolute Gasteiger partial charge is 0.387 e. The van der Waals surface area contributed by atoms with Crippen molar-refractivity contribution in [1.29, 1.82) is 0 Å². The molecule has 0 radical (unpaired) electrons. The van der Waals surface area contributed by atoms with Gasteiger partial charge in [0, 0.05) is 10.0 Å². The molecule has 2 N–H and O–H groups in total. The zero-order valence-corrected chi connectivity index (χ0v) is 13.1. The summed E-state index contributed by atoms with van der Waals surface area (Å²) in [5, 5.41) is 0. The summed E-state index contributed by atoms with van der Waals surface area (Å²) < 4.78 is 28.8. The maximum absolute atomic E-state index is 12.0. The van der Waals surface area contributed by atoms with E-state index in [0.29, 0.717) is 10.0 Å². The Morgan fingerprint density at radius 3 is 2.17 bits per heavy atom. The Kier molecular flexibility index (Phi) is 5.64. The highest BCUT2D eigenvalue weighted by molar-refractivity contribution is 9.10. The first kappa shape index (κ1) is 16.9. The lowest BCUT2D eigenvalue weighted by molar-refractivity contribution is -0.0498. The van der Waals surface area contributed by atoms with E-state index in [9.17, 15) is 18.4 Å². The maximum atomic E-state index is 12.0. The van der Waals surface area contributed by atoms with Gasteiger partial charge in [-0.05, 0) is 52.3 Å². The summed E-state index contributed by atoms with van der Waals surface area (Å²) in [6.45, 7) is -2.93. The molecule has 8 heteroatoms. The molecule has 2 aromatic rings. The van der Waals surface area contributed by atoms with Crippen LogP contribution in [0.4, 0.5) is 8.78 Å². The summed E-state index contributed by atoms with van der Waals surface area (Å²) in [5.74, 6) is -1.15. The van der Waals surface area contributed by atoms with Crippen LogP contribution in [0.15, 0.2) is 53.0 Å². The summed E-state index contributed by atoms with van der Waals surface area (Å²) >= 11 is 3.23. The highest BCUT2D eigenvalue weighted by atomic mass is 79.9. The van der Waals surface area contributed by atoms with Crippen LogP contribution in [-0.4, -0.2) is 18.4 Å². The van der Waals surface area contributed by atoms with E-state index in [2.05, 4.69) is 31.5 Å². The Morgan fingerprint density at radius 1 is 0.957 bits per heavy atom. The van der Waals surface area contributed by atoms with Gasteiger partial charge in [-0.1, -0.05) is 12.1 Å². The Labute approximate surface area is 138 Å². The third kappa shape index (κ3) is 4.75. The Bertz CT molecular complexity index is 708. The molecule has 120 valence electrons. The molecule has 0 unspecified atom stereocenters. The Hall–Kier alpha value is -2.48. The van der Waals surface area contributed by atoms with Crippen LogP contribution < -0.4 is 15.6 Å². The number of benzene rings is 2. The van der Waals surface area contributed by atoms with E-state index < -0.39 is 18.4 Å². The van der Waals surface area contributed by atoms with E-state index in [0.717, 1.165) is 0 Å². The first-order chi connectivity index (χ1) is 11.0. The average molecular weight is 385 g/mol. The molecule has 2 aromatic carbocycles. The van der Waals surface area contributed by atoms with E-state index in [-0.39, 0.29) is 11.3 Å². The molecule has 0 aliphatic rings. The van der Waals surface area contributed by atoms with Crippen LogP contribution in [-0.2, 0) is 0 Å². The molecule has 0 saturated carbocycles. The van der Waals surface area contributed by atoms with E-state index >= 15 is 0 Å². The van der Waals surface area contributed by atoms with Crippen LogP contribution >= 0.6 is 15.9 Å². The molecule has 5 nitrogen and oxygen atoms in total. The van der Waals surface area contributed by atoms with Crippen molar-refractivity contribution in [2.24, 2.45) is 0 Å². The van der Waals surface area contributed by atoms with Crippen molar-refractivity contribution in [3.05, 3.63) is 64.1 Å². The lowest BCUT2D eigenvalue weighted by Gasteiger charge is -2.09. The second-order valence-corrected chi connectivity index (χ2v) is 5.15. The minimum Gasteiger partial charge on any atom is -0.435 e. The van der Waals surface area contributed by atoms with Gasteiger partial charge in [0.2, 0.25) is 0 Å². The number of alkyl halides is 2. The van der Waals surface area contributed by atoms with E-state index in [1.165, 1.54) is 24.3 Å². The molecular formula is C15H11BrF2N2O3. The Morgan fingerprint density at radius 2 is 1.57 bits per heavy atom. The van der Waals surface area contributed by atoms with E-state index in [1.54, 1.807) is 24.3 Å². The number of hydrogen-bond acceptors (Lipinski definition) is 3. The molecule has 0 saturated heterocycles. The predicted octanol–water partition coefficient (Wildman–Crippen LogP) is 3.13. The summed E-state index contributed by atoms with van der Waals surface area (Å²) in [4.78, 5) is 23.8. The fourth-order valence-corrected chi connectivity index (χ4v) is 2.15. The quantitative estimate of drug-likeness (QED) is 0.795. The van der Waals surface area contributed by atoms with Crippen LogP contribution in [0.1, 0.15) is 20.7 Å². The number of nitrogens with one attached hydrogen (secondary N) is 2. The van der Waals surface area contributed by atoms with Gasteiger partial charge >= 0.3 is 6.61 Å². The minimum absolute atomic E-state index is 0.0613. The summed E-state index contributed by atoms with van der Waals surface area (Å²) in [5.41, 5.74) is 5.04. The van der Waals surface area contributed by atoms with Crippen LogP contribution in [0.5, 0.6) is 5.75 Å². The molecule has 0 aliphatic heterocycles. The normalized spacial score (nSPS) is 10.3. The zero-order chi connectivity index (χ0) is 16.8. The lowest BCUT2D eigenvalue weighted by Crippen LogP contribution is -2.41. The van der Waals surface area contributed by atoms with Crippen LogP contribution in [0, 0.1) is 0 Å². The van der Waals surface area contributed by atoms with Gasteiger partial charge in [0.25, 0.3) is 11.8 Å². The summed E-state index contributed by atoms with van der Waals surface area (Å²) in [6, 6.07) is 11.8. The van der Waals surface area contributed by atoms with Crippen LogP contribution in [0.25, 0.3) is 0 Å². The predicted molar refractivity (Wildman–Crippen MR) is 82.1 cm³/mol. The van der Waals surface area contributed by atoms with Crippen molar-refractivity contribution in [3.8, 4) is 5.75 Å². The third-order valence-corrected chi connectivity index (χ3v) is 3.44. The minimum atomic E-state index is -2.93. The van der Waals surface area contributed by atoms with Gasteiger partial charge in [0.1, 0.15) is 5.75 Å². The number of hydrogen-bond donors (Lipinski definition) is 2. The van der Waals surface area contributed by atoms with Crippen molar-refractivity contribution in [2.75, 3.05) is 0 Å². The molecule has 0 aromatic heterocycles. The number of carbonyl (C=O) groups is 2. The van der Waals surface area contributed by atoms with Crippen molar-refractivity contribution < 1.29 is 23.1 Å². The first-order valence-electron chi connectivity index (χ1n) is 6.37. The van der Waals surface area contributed by atoms with Gasteiger partial charge < -0.3 is 4.74 Å². The highest BCUT2D eigenvalue weighted by Crippen LogP contribution is 2.16. The van der Waals surface area contributed by atoms with Crippen molar-refractivity contribution in [2.45, 2.75) is 6.61 Å². The first-order valence-corrected chi connectivity index (χ1v) is 7.17. The topological polar surface area (TPSA) is 67.4 Å². The lowest BCUT2D eigenvalue weighted by atomic mass is 10.2. The fraction of sp³-hybridized carbons (Fsp3) is 0.0667. The number of hydrazine groups is 1. The molecule has 0 bridgehead atoms. The van der Waals surface area contributed by atoms with Gasteiger partial charge in [-0.15, -0.1) is 0 Å². The van der Waals surface area contributed by atoms with Gasteiger partial charge in [-0.2, -0.15) is 8.78 Å². The molecule has 2 rings (SSSR count). The molecule has 2 amide bonds. The largest absolute Gasteiger partial charge is 0.435 e. The number of halogens is 3. The molecule has 0 atom stereocenters. The number of rotatable bonds is 4. The molecule has 0 aliphatic carbocycles. The Balaban J connectivity index is 1.94. The average Bonchev–Trinajstić information content (AvgIpc) is 2.53. The van der Waals surface area contributed by atoms with Gasteiger partial charge in [0.05, 0.1) is 5.56 Å². The molecule has 23 heavy (non-hydrogen) atoms. The zero-order valence-electron chi connectivity index (χ0n) is 11.6. The fourth-order valence-electron chi connectivity index (χ4n) is 1.69. The number of carbonyl (C=O) groups excluding carboxylic acids is 2. The maximum Gasteiger partial charge on any atom is 0.387 e.